The number of thioether (sulfide) groups is 1. The maximum Gasteiger partial charge on any atom is 0.210 e. The fourth-order valence-corrected chi connectivity index (χ4v) is 4.34. The molecule has 0 amide bonds. The fourth-order valence-electron chi connectivity index (χ4n) is 2.63. The van der Waals surface area contributed by atoms with Crippen LogP contribution in [0.5, 0.6) is 5.75 Å². The van der Waals surface area contributed by atoms with Gasteiger partial charge in [0.05, 0.1) is 30.2 Å². The minimum absolute atomic E-state index is 0.580. The molecule has 138 valence electrons. The van der Waals surface area contributed by atoms with E-state index in [-0.39, 0.29) is 0 Å². The highest BCUT2D eigenvalue weighted by Crippen LogP contribution is 2.33. The lowest BCUT2D eigenvalue weighted by molar-refractivity contribution is 0.416. The zero-order valence-corrected chi connectivity index (χ0v) is 16.4. The number of methoxy groups -OCH3 is 1. The van der Waals surface area contributed by atoms with Crippen molar-refractivity contribution in [1.82, 2.24) is 19.9 Å². The summed E-state index contributed by atoms with van der Waals surface area (Å²) in [6, 6.07) is 9.69. The van der Waals surface area contributed by atoms with Crippen molar-refractivity contribution in [3.63, 3.8) is 0 Å². The summed E-state index contributed by atoms with van der Waals surface area (Å²) in [6.45, 7) is 1.87. The number of nitrogens with two attached hydrogens (primary N) is 1. The van der Waals surface area contributed by atoms with Crippen LogP contribution in [0, 0.1) is 6.92 Å². The standard InChI is InChI=1S/C18H17N5O2S2/c1-11-13(7-8-25-11)16-21-22-18(23(16)19)27-10-12-9-26-17(20-12)14-5-3-4-6-15(14)24-2/h3-9H,10,19H2,1-2H3. The highest BCUT2D eigenvalue weighted by atomic mass is 32.2. The van der Waals surface area contributed by atoms with E-state index < -0.39 is 0 Å². The molecule has 0 saturated heterocycles. The molecule has 0 fully saturated rings. The molecule has 1 aromatic carbocycles. The highest BCUT2D eigenvalue weighted by molar-refractivity contribution is 7.98. The average molecular weight is 400 g/mol. The SMILES string of the molecule is COc1ccccc1-c1nc(CSc2nnc(-c3ccoc3C)n2N)cs1. The van der Waals surface area contributed by atoms with E-state index in [0.717, 1.165) is 33.3 Å². The van der Waals surface area contributed by atoms with Crippen LogP contribution in [0.25, 0.3) is 22.0 Å². The normalized spacial score (nSPS) is 11.0. The van der Waals surface area contributed by atoms with Gasteiger partial charge in [0.15, 0.2) is 5.82 Å². The predicted molar refractivity (Wildman–Crippen MR) is 106 cm³/mol. The third-order valence-corrected chi connectivity index (χ3v) is 5.90. The van der Waals surface area contributed by atoms with Gasteiger partial charge in [-0.25, -0.2) is 9.66 Å². The largest absolute Gasteiger partial charge is 0.496 e. The molecule has 3 aromatic heterocycles. The first-order chi connectivity index (χ1) is 13.2. The van der Waals surface area contributed by atoms with Crippen LogP contribution in [0.3, 0.4) is 0 Å². The van der Waals surface area contributed by atoms with Crippen LogP contribution in [0.4, 0.5) is 0 Å². The van der Waals surface area contributed by atoms with Crippen LogP contribution in [-0.2, 0) is 5.75 Å². The third kappa shape index (κ3) is 3.43. The van der Waals surface area contributed by atoms with Gasteiger partial charge in [0.2, 0.25) is 5.16 Å². The highest BCUT2D eigenvalue weighted by Gasteiger charge is 2.16. The van der Waals surface area contributed by atoms with Gasteiger partial charge in [-0.1, -0.05) is 23.9 Å². The summed E-state index contributed by atoms with van der Waals surface area (Å²) in [6.07, 6.45) is 1.61. The molecule has 4 aromatic rings. The molecule has 0 aliphatic heterocycles. The molecule has 3 heterocycles. The van der Waals surface area contributed by atoms with E-state index in [2.05, 4.69) is 10.2 Å². The molecule has 0 spiro atoms. The lowest BCUT2D eigenvalue weighted by Gasteiger charge is -2.04. The number of nitrogen functional groups attached to an aromatic ring is 1. The molecular formula is C18H17N5O2S2. The van der Waals surface area contributed by atoms with Crippen LogP contribution < -0.4 is 10.6 Å². The molecule has 0 aliphatic carbocycles. The molecule has 9 heteroatoms. The van der Waals surface area contributed by atoms with Gasteiger partial charge < -0.3 is 15.0 Å². The number of thiazole rings is 1. The summed E-state index contributed by atoms with van der Waals surface area (Å²) < 4.78 is 12.2. The van der Waals surface area contributed by atoms with Gasteiger partial charge in [-0.05, 0) is 25.1 Å². The molecule has 0 bridgehead atoms. The van der Waals surface area contributed by atoms with E-state index in [1.54, 1.807) is 24.7 Å². The van der Waals surface area contributed by atoms with Crippen LogP contribution in [-0.4, -0.2) is 27.0 Å². The van der Waals surface area contributed by atoms with E-state index in [4.69, 9.17) is 20.0 Å². The molecule has 4 rings (SSSR count). The Morgan fingerprint density at radius 2 is 2.07 bits per heavy atom. The van der Waals surface area contributed by atoms with Crippen molar-refractivity contribution in [3.05, 3.63) is 53.4 Å². The molecule has 0 saturated carbocycles. The maximum absolute atomic E-state index is 6.16. The summed E-state index contributed by atoms with van der Waals surface area (Å²) in [5, 5.41) is 11.9. The Bertz CT molecular complexity index is 1070. The van der Waals surface area contributed by atoms with Gasteiger partial charge in [-0.3, -0.25) is 0 Å². The molecule has 0 atom stereocenters. The number of hydrogen-bond acceptors (Lipinski definition) is 8. The lowest BCUT2D eigenvalue weighted by atomic mass is 10.2. The number of para-hydroxylation sites is 1. The Balaban J connectivity index is 1.50. The number of hydrogen-bond donors (Lipinski definition) is 1. The van der Waals surface area contributed by atoms with E-state index in [0.29, 0.717) is 16.7 Å². The molecule has 0 aliphatic rings. The zero-order chi connectivity index (χ0) is 18.8. The van der Waals surface area contributed by atoms with E-state index in [1.807, 2.05) is 42.6 Å². The molecule has 27 heavy (non-hydrogen) atoms. The zero-order valence-electron chi connectivity index (χ0n) is 14.7. The van der Waals surface area contributed by atoms with Crippen LogP contribution in [0.15, 0.2) is 51.5 Å². The average Bonchev–Trinajstić information content (AvgIpc) is 3.40. The van der Waals surface area contributed by atoms with Gasteiger partial charge in [-0.15, -0.1) is 21.5 Å². The molecule has 0 radical (unpaired) electrons. The van der Waals surface area contributed by atoms with Crippen LogP contribution in [0.1, 0.15) is 11.5 Å². The second kappa shape index (κ2) is 7.45. The Morgan fingerprint density at radius 1 is 1.22 bits per heavy atom. The topological polar surface area (TPSA) is 92.0 Å². The van der Waals surface area contributed by atoms with E-state index >= 15 is 0 Å². The Hall–Kier alpha value is -2.78. The number of rotatable bonds is 6. The molecule has 0 unspecified atom stereocenters. The van der Waals surface area contributed by atoms with E-state index in [9.17, 15) is 0 Å². The van der Waals surface area contributed by atoms with Crippen LogP contribution >= 0.6 is 23.1 Å². The number of aryl methyl sites for hydroxylation is 1. The first kappa shape index (κ1) is 17.6. The minimum Gasteiger partial charge on any atom is -0.496 e. The lowest BCUT2D eigenvalue weighted by Crippen LogP contribution is -2.11. The quantitative estimate of drug-likeness (QED) is 0.387. The van der Waals surface area contributed by atoms with Gasteiger partial charge in [0.25, 0.3) is 0 Å². The van der Waals surface area contributed by atoms with Gasteiger partial charge >= 0.3 is 0 Å². The summed E-state index contributed by atoms with van der Waals surface area (Å²) in [5.74, 6) is 8.95. The number of nitrogens with zero attached hydrogens (tertiary/aromatic N) is 4. The summed E-state index contributed by atoms with van der Waals surface area (Å²) in [5.41, 5.74) is 2.78. The summed E-state index contributed by atoms with van der Waals surface area (Å²) >= 11 is 3.08. The first-order valence-corrected chi connectivity index (χ1v) is 9.99. The Kier molecular flexibility index (Phi) is 4.87. The van der Waals surface area contributed by atoms with Crippen LogP contribution in [0.2, 0.25) is 0 Å². The smallest absolute Gasteiger partial charge is 0.210 e. The van der Waals surface area contributed by atoms with Crippen molar-refractivity contribution < 1.29 is 9.15 Å². The Morgan fingerprint density at radius 3 is 2.85 bits per heavy atom. The number of benzene rings is 1. The molecular weight excluding hydrogens is 382 g/mol. The van der Waals surface area contributed by atoms with Crippen molar-refractivity contribution >= 4 is 23.1 Å². The first-order valence-electron chi connectivity index (χ1n) is 8.13. The molecule has 7 nitrogen and oxygen atoms in total. The van der Waals surface area contributed by atoms with Crippen molar-refractivity contribution in [2.24, 2.45) is 0 Å². The predicted octanol–water partition coefficient (Wildman–Crippen LogP) is 3.98. The van der Waals surface area contributed by atoms with Gasteiger partial charge in [0, 0.05) is 11.1 Å². The Labute approximate surface area is 164 Å². The molecule has 2 N–H and O–H groups in total. The monoisotopic (exact) mass is 399 g/mol. The van der Waals surface area contributed by atoms with Crippen molar-refractivity contribution in [1.29, 1.82) is 0 Å². The fraction of sp³-hybridized carbons (Fsp3) is 0.167. The van der Waals surface area contributed by atoms with Gasteiger partial charge in [-0.2, -0.15) is 0 Å². The third-order valence-electron chi connectivity index (χ3n) is 4.00. The number of ether oxygens (including phenoxy) is 1. The number of aromatic nitrogens is 4. The van der Waals surface area contributed by atoms with Crippen molar-refractivity contribution in [3.8, 4) is 27.7 Å². The summed E-state index contributed by atoms with van der Waals surface area (Å²) in [4.78, 5) is 4.71. The minimum atomic E-state index is 0.580. The number of furan rings is 1. The van der Waals surface area contributed by atoms with E-state index in [1.165, 1.54) is 16.4 Å². The van der Waals surface area contributed by atoms with Crippen molar-refractivity contribution in [2.75, 3.05) is 13.0 Å². The van der Waals surface area contributed by atoms with Crippen molar-refractivity contribution in [2.45, 2.75) is 17.8 Å². The second-order valence-corrected chi connectivity index (χ2v) is 7.50. The summed E-state index contributed by atoms with van der Waals surface area (Å²) in [7, 11) is 1.66. The second-order valence-electron chi connectivity index (χ2n) is 5.70. The maximum atomic E-state index is 6.16. The van der Waals surface area contributed by atoms with Gasteiger partial charge in [0.1, 0.15) is 16.5 Å².